The number of hydrogen-bond donors (Lipinski definition) is 0. The van der Waals surface area contributed by atoms with Crippen LogP contribution >= 0.6 is 0 Å². The molecule has 0 atom stereocenters. The zero-order valence-electron chi connectivity index (χ0n) is 9.18. The van der Waals surface area contributed by atoms with Crippen LogP contribution in [0.5, 0.6) is 0 Å². The normalized spacial score (nSPS) is 11.3. The number of hydrogen-bond acceptors (Lipinski definition) is 2. The van der Waals surface area contributed by atoms with E-state index < -0.39 is 11.0 Å². The highest BCUT2D eigenvalue weighted by molar-refractivity contribution is 5.71. The lowest BCUT2D eigenvalue weighted by Gasteiger charge is -2.22. The molecule has 0 aliphatic heterocycles. The fourth-order valence-electron chi connectivity index (χ4n) is 0.762. The Labute approximate surface area is 86.0 Å². The van der Waals surface area contributed by atoms with E-state index in [1.807, 2.05) is 0 Å². The monoisotopic (exact) mass is 192 g/mol. The number of terminal acetylenes is 2. The molecule has 0 unspecified atom stereocenters. The van der Waals surface area contributed by atoms with Crippen molar-refractivity contribution in [1.82, 2.24) is 0 Å². The molecule has 0 N–H and O–H groups in total. The molecule has 0 spiro atoms. The molecule has 0 amide bonds. The van der Waals surface area contributed by atoms with E-state index in [0.717, 1.165) is 0 Å². The van der Waals surface area contributed by atoms with Crippen molar-refractivity contribution in [2.24, 2.45) is 5.41 Å². The lowest BCUT2D eigenvalue weighted by molar-refractivity contribution is -0.153. The van der Waals surface area contributed by atoms with Crippen molar-refractivity contribution in [1.29, 1.82) is 0 Å². The standard InChI is InChI=1S/C12H16O2/c1-7-11(3,4)9-10(13)14-12(5,6)8-2/h1-2H,9H2,3-6H3. The molecule has 0 aromatic carbocycles. The first-order valence-electron chi connectivity index (χ1n) is 4.40. The molecule has 0 rings (SSSR count). The van der Waals surface area contributed by atoms with Crippen LogP contribution in [0.3, 0.4) is 0 Å². The minimum atomic E-state index is -0.859. The first-order valence-corrected chi connectivity index (χ1v) is 4.40. The summed E-state index contributed by atoms with van der Waals surface area (Å²) in [4.78, 5) is 11.4. The number of carbonyl (C=O) groups excluding carboxylic acids is 1. The molecular formula is C12H16O2. The Morgan fingerprint density at radius 1 is 1.21 bits per heavy atom. The Morgan fingerprint density at radius 2 is 1.71 bits per heavy atom. The second kappa shape index (κ2) is 4.20. The van der Waals surface area contributed by atoms with Gasteiger partial charge in [-0.1, -0.05) is 11.8 Å². The van der Waals surface area contributed by atoms with E-state index in [9.17, 15) is 4.79 Å². The van der Waals surface area contributed by atoms with Crippen LogP contribution in [0.4, 0.5) is 0 Å². The quantitative estimate of drug-likeness (QED) is 0.505. The van der Waals surface area contributed by atoms with Crippen LogP contribution in [0.2, 0.25) is 0 Å². The van der Waals surface area contributed by atoms with Gasteiger partial charge in [0, 0.05) is 5.41 Å². The molecule has 0 saturated heterocycles. The molecule has 0 bridgehead atoms. The Hall–Kier alpha value is -1.41. The molecule has 0 saturated carbocycles. The lowest BCUT2D eigenvalue weighted by Crippen LogP contribution is -2.28. The van der Waals surface area contributed by atoms with Crippen molar-refractivity contribution >= 4 is 5.97 Å². The molecule has 0 fully saturated rings. The van der Waals surface area contributed by atoms with Crippen molar-refractivity contribution in [3.8, 4) is 24.7 Å². The largest absolute Gasteiger partial charge is 0.446 e. The Balaban J connectivity index is 4.30. The SMILES string of the molecule is C#CC(C)(C)CC(=O)OC(C)(C)C#C. The molecule has 14 heavy (non-hydrogen) atoms. The van der Waals surface area contributed by atoms with Gasteiger partial charge < -0.3 is 4.74 Å². The van der Waals surface area contributed by atoms with Crippen LogP contribution in [0.25, 0.3) is 0 Å². The highest BCUT2D eigenvalue weighted by Crippen LogP contribution is 2.21. The van der Waals surface area contributed by atoms with Crippen LogP contribution in [0, 0.1) is 30.1 Å². The van der Waals surface area contributed by atoms with Crippen LogP contribution in [0.1, 0.15) is 34.1 Å². The van der Waals surface area contributed by atoms with Crippen molar-refractivity contribution in [3.05, 3.63) is 0 Å². The topological polar surface area (TPSA) is 26.3 Å². The summed E-state index contributed by atoms with van der Waals surface area (Å²) in [5.41, 5.74) is -1.34. The van der Waals surface area contributed by atoms with Gasteiger partial charge in [-0.05, 0) is 27.7 Å². The van der Waals surface area contributed by atoms with Gasteiger partial charge in [0.05, 0.1) is 6.42 Å². The highest BCUT2D eigenvalue weighted by atomic mass is 16.6. The third-order valence-electron chi connectivity index (χ3n) is 1.69. The van der Waals surface area contributed by atoms with Crippen LogP contribution in [-0.2, 0) is 9.53 Å². The highest BCUT2D eigenvalue weighted by Gasteiger charge is 2.25. The van der Waals surface area contributed by atoms with E-state index in [1.165, 1.54) is 0 Å². The number of rotatable bonds is 3. The summed E-state index contributed by atoms with van der Waals surface area (Å²) in [6.45, 7) is 6.93. The van der Waals surface area contributed by atoms with Crippen LogP contribution < -0.4 is 0 Å². The van der Waals surface area contributed by atoms with Gasteiger partial charge in [-0.15, -0.1) is 12.8 Å². The van der Waals surface area contributed by atoms with Gasteiger partial charge in [0.1, 0.15) is 0 Å². The molecule has 0 aromatic rings. The van der Waals surface area contributed by atoms with Crippen molar-refractivity contribution in [2.45, 2.75) is 39.7 Å². The summed E-state index contributed by atoms with van der Waals surface area (Å²) in [5.74, 6) is 4.54. The molecular weight excluding hydrogens is 176 g/mol. The molecule has 0 radical (unpaired) electrons. The molecule has 0 aliphatic rings. The van der Waals surface area contributed by atoms with Crippen molar-refractivity contribution in [2.75, 3.05) is 0 Å². The molecule has 2 nitrogen and oxygen atoms in total. The van der Waals surface area contributed by atoms with Gasteiger partial charge in [-0.2, -0.15) is 0 Å². The average Bonchev–Trinajstić information content (AvgIpc) is 2.02. The first kappa shape index (κ1) is 12.6. The maximum Gasteiger partial charge on any atom is 0.308 e. The summed E-state index contributed by atoms with van der Waals surface area (Å²) in [6.07, 6.45) is 10.6. The van der Waals surface area contributed by atoms with Gasteiger partial charge in [-0.3, -0.25) is 4.79 Å². The fourth-order valence-corrected chi connectivity index (χ4v) is 0.762. The van der Waals surface area contributed by atoms with Crippen LogP contribution in [-0.4, -0.2) is 11.6 Å². The minimum Gasteiger partial charge on any atom is -0.446 e. The van der Waals surface area contributed by atoms with Gasteiger partial charge in [0.15, 0.2) is 5.60 Å². The van der Waals surface area contributed by atoms with E-state index in [4.69, 9.17) is 17.6 Å². The minimum absolute atomic E-state index is 0.175. The summed E-state index contributed by atoms with van der Waals surface area (Å²) in [7, 11) is 0. The van der Waals surface area contributed by atoms with Crippen LogP contribution in [0.15, 0.2) is 0 Å². The molecule has 0 aliphatic carbocycles. The van der Waals surface area contributed by atoms with Crippen molar-refractivity contribution < 1.29 is 9.53 Å². The first-order chi connectivity index (χ1) is 6.22. The molecule has 0 heterocycles. The Bertz CT molecular complexity index is 267. The van der Waals surface area contributed by atoms with Gasteiger partial charge in [0.25, 0.3) is 0 Å². The summed E-state index contributed by atoms with van der Waals surface area (Å²) in [6, 6.07) is 0. The van der Waals surface area contributed by atoms with Gasteiger partial charge in [0.2, 0.25) is 0 Å². The Kier molecular flexibility index (Phi) is 3.78. The van der Waals surface area contributed by atoms with E-state index >= 15 is 0 Å². The van der Waals surface area contributed by atoms with Crippen molar-refractivity contribution in [3.63, 3.8) is 0 Å². The average molecular weight is 192 g/mol. The predicted octanol–water partition coefficient (Wildman–Crippen LogP) is 1.99. The maximum absolute atomic E-state index is 11.4. The molecule has 76 valence electrons. The number of ether oxygens (including phenoxy) is 1. The maximum atomic E-state index is 11.4. The zero-order valence-corrected chi connectivity index (χ0v) is 9.18. The van der Waals surface area contributed by atoms with E-state index in [-0.39, 0.29) is 12.4 Å². The van der Waals surface area contributed by atoms with E-state index in [0.29, 0.717) is 0 Å². The summed E-state index contributed by atoms with van der Waals surface area (Å²) in [5, 5.41) is 0. The molecule has 2 heteroatoms. The molecule has 0 aromatic heterocycles. The van der Waals surface area contributed by atoms with Gasteiger partial charge in [-0.25, -0.2) is 0 Å². The Morgan fingerprint density at radius 3 is 2.07 bits per heavy atom. The van der Waals surface area contributed by atoms with E-state index in [2.05, 4.69) is 11.8 Å². The zero-order chi connectivity index (χ0) is 11.4. The predicted molar refractivity (Wildman–Crippen MR) is 56.2 cm³/mol. The van der Waals surface area contributed by atoms with Gasteiger partial charge >= 0.3 is 5.97 Å². The fraction of sp³-hybridized carbons (Fsp3) is 0.583. The second-order valence-electron chi connectivity index (χ2n) is 4.33. The number of carbonyl (C=O) groups is 1. The lowest BCUT2D eigenvalue weighted by atomic mass is 9.91. The smallest absolute Gasteiger partial charge is 0.308 e. The third-order valence-corrected chi connectivity index (χ3v) is 1.69. The summed E-state index contributed by atoms with van der Waals surface area (Å²) < 4.78 is 5.05. The number of esters is 1. The van der Waals surface area contributed by atoms with E-state index in [1.54, 1.807) is 27.7 Å². The third kappa shape index (κ3) is 4.58. The summed E-state index contributed by atoms with van der Waals surface area (Å²) >= 11 is 0. The second-order valence-corrected chi connectivity index (χ2v) is 4.33.